The van der Waals surface area contributed by atoms with Crippen molar-refractivity contribution in [2.24, 2.45) is 0 Å². The number of para-hydroxylation sites is 2. The Kier molecular flexibility index (Phi) is 3.69. The number of rotatable bonds is 3. The van der Waals surface area contributed by atoms with Crippen molar-refractivity contribution in [3.63, 3.8) is 0 Å². The predicted octanol–water partition coefficient (Wildman–Crippen LogP) is 1.01. The Morgan fingerprint density at radius 3 is 2.75 bits per heavy atom. The van der Waals surface area contributed by atoms with Crippen molar-refractivity contribution in [2.75, 3.05) is 19.6 Å². The Balaban J connectivity index is 1.89. The largest absolute Gasteiger partial charge is 0.456 e. The molecule has 0 radical (unpaired) electrons. The standard InChI is InChI=1S/C15H19N3O2/c19-14-15(20)18(11-10-17-8-4-1-5-9-17)13-7-3-2-6-12(13)16-14/h2-3,6-7H,1,4-5,8-11H2,(H,16,19)/p+1. The summed E-state index contributed by atoms with van der Waals surface area (Å²) in [5.41, 5.74) is 1.19. The molecule has 1 aliphatic heterocycles. The number of fused-ring (bicyclic) bond motifs is 1. The molecule has 2 heterocycles. The molecular formula is C15H20N3O2+. The first-order valence-corrected chi connectivity index (χ1v) is 7.22. The monoisotopic (exact) mass is 274 g/mol. The number of H-pyrrole nitrogens is 1. The Labute approximate surface area is 117 Å². The lowest BCUT2D eigenvalue weighted by molar-refractivity contribution is -0.678. The van der Waals surface area contributed by atoms with Gasteiger partial charge >= 0.3 is 11.4 Å². The Hall–Kier alpha value is -1.88. The summed E-state index contributed by atoms with van der Waals surface area (Å²) in [6.45, 7) is 3.73. The zero-order valence-electron chi connectivity index (χ0n) is 11.5. The summed E-state index contributed by atoms with van der Waals surface area (Å²) in [4.78, 5) is 16.9. The van der Waals surface area contributed by atoms with Crippen molar-refractivity contribution in [3.05, 3.63) is 34.6 Å². The highest BCUT2D eigenvalue weighted by atomic mass is 16.3. The lowest BCUT2D eigenvalue weighted by Gasteiger charge is -2.25. The SMILES string of the molecule is O=c1[nH]c2ccccc2[n+](CCN2CCCCC2)c1O. The van der Waals surface area contributed by atoms with Crippen LogP contribution in [0.15, 0.2) is 29.1 Å². The summed E-state index contributed by atoms with van der Waals surface area (Å²) in [5.74, 6) is -0.208. The zero-order chi connectivity index (χ0) is 13.9. The van der Waals surface area contributed by atoms with E-state index in [0.717, 1.165) is 30.7 Å². The molecule has 0 atom stereocenters. The summed E-state index contributed by atoms with van der Waals surface area (Å²) in [5, 5.41) is 10.0. The Morgan fingerprint density at radius 2 is 1.95 bits per heavy atom. The fraction of sp³-hybridized carbons (Fsp3) is 0.467. The number of nitrogens with zero attached hydrogens (tertiary/aromatic N) is 2. The molecule has 2 aromatic rings. The molecule has 1 aromatic heterocycles. The highest BCUT2D eigenvalue weighted by molar-refractivity contribution is 5.70. The average Bonchev–Trinajstić information content (AvgIpc) is 2.49. The molecule has 0 unspecified atom stereocenters. The number of piperidine rings is 1. The van der Waals surface area contributed by atoms with Gasteiger partial charge in [0.25, 0.3) is 0 Å². The number of hydrogen-bond donors (Lipinski definition) is 2. The maximum atomic E-state index is 11.8. The molecule has 5 nitrogen and oxygen atoms in total. The summed E-state index contributed by atoms with van der Waals surface area (Å²) < 4.78 is 1.71. The molecule has 1 aromatic carbocycles. The van der Waals surface area contributed by atoms with Gasteiger partial charge in [0.05, 0.1) is 6.54 Å². The van der Waals surface area contributed by atoms with E-state index in [4.69, 9.17) is 0 Å². The van der Waals surface area contributed by atoms with E-state index in [1.165, 1.54) is 19.3 Å². The third-order valence-electron chi connectivity index (χ3n) is 3.99. The maximum Gasteiger partial charge on any atom is 0.433 e. The van der Waals surface area contributed by atoms with Gasteiger partial charge in [-0.15, -0.1) is 0 Å². The Morgan fingerprint density at radius 1 is 1.20 bits per heavy atom. The van der Waals surface area contributed by atoms with Crippen LogP contribution in [-0.2, 0) is 6.54 Å². The van der Waals surface area contributed by atoms with Gasteiger partial charge < -0.3 is 10.1 Å². The summed E-state index contributed by atoms with van der Waals surface area (Å²) in [7, 11) is 0. The molecular weight excluding hydrogens is 254 g/mol. The van der Waals surface area contributed by atoms with E-state index < -0.39 is 5.56 Å². The van der Waals surface area contributed by atoms with E-state index in [1.807, 2.05) is 24.3 Å². The van der Waals surface area contributed by atoms with E-state index in [9.17, 15) is 9.90 Å². The number of aromatic nitrogens is 2. The number of likely N-dealkylation sites (tertiary alicyclic amines) is 1. The van der Waals surface area contributed by atoms with Gasteiger partial charge in [-0.05, 0) is 32.0 Å². The van der Waals surface area contributed by atoms with Crippen LogP contribution in [0.5, 0.6) is 5.88 Å². The van der Waals surface area contributed by atoms with Gasteiger partial charge in [-0.1, -0.05) is 18.6 Å². The van der Waals surface area contributed by atoms with Gasteiger partial charge in [0.1, 0.15) is 5.52 Å². The van der Waals surface area contributed by atoms with Gasteiger partial charge in [0, 0.05) is 6.07 Å². The van der Waals surface area contributed by atoms with Crippen molar-refractivity contribution < 1.29 is 9.67 Å². The van der Waals surface area contributed by atoms with Gasteiger partial charge in [-0.25, -0.2) is 0 Å². The Bertz CT molecular complexity index is 660. The van der Waals surface area contributed by atoms with Gasteiger partial charge in [0.2, 0.25) is 5.52 Å². The minimum absolute atomic E-state index is 0.208. The van der Waals surface area contributed by atoms with Crippen molar-refractivity contribution in [2.45, 2.75) is 25.8 Å². The molecule has 106 valence electrons. The van der Waals surface area contributed by atoms with Crippen LogP contribution in [0.1, 0.15) is 19.3 Å². The van der Waals surface area contributed by atoms with E-state index in [1.54, 1.807) is 4.57 Å². The van der Waals surface area contributed by atoms with Crippen molar-refractivity contribution in [1.29, 1.82) is 0 Å². The van der Waals surface area contributed by atoms with Gasteiger partial charge in [-0.2, -0.15) is 4.57 Å². The highest BCUT2D eigenvalue weighted by Gasteiger charge is 2.20. The second-order valence-electron chi connectivity index (χ2n) is 5.35. The maximum absolute atomic E-state index is 11.8. The second-order valence-corrected chi connectivity index (χ2v) is 5.35. The topological polar surface area (TPSA) is 60.2 Å². The first kappa shape index (κ1) is 13.1. The van der Waals surface area contributed by atoms with Crippen LogP contribution < -0.4 is 10.1 Å². The fourth-order valence-corrected chi connectivity index (χ4v) is 2.88. The number of aromatic amines is 1. The van der Waals surface area contributed by atoms with Crippen LogP contribution in [-0.4, -0.2) is 34.6 Å². The molecule has 0 bridgehead atoms. The van der Waals surface area contributed by atoms with Crippen LogP contribution in [0.3, 0.4) is 0 Å². The first-order chi connectivity index (χ1) is 9.75. The number of hydrogen-bond acceptors (Lipinski definition) is 3. The van der Waals surface area contributed by atoms with Crippen molar-refractivity contribution in [3.8, 4) is 5.88 Å². The van der Waals surface area contributed by atoms with E-state index in [-0.39, 0.29) is 5.88 Å². The van der Waals surface area contributed by atoms with E-state index in [0.29, 0.717) is 6.54 Å². The second kappa shape index (κ2) is 5.63. The van der Waals surface area contributed by atoms with Crippen molar-refractivity contribution >= 4 is 11.0 Å². The third-order valence-corrected chi connectivity index (χ3v) is 3.99. The minimum Gasteiger partial charge on any atom is -0.456 e. The van der Waals surface area contributed by atoms with Crippen LogP contribution in [0, 0.1) is 0 Å². The molecule has 2 N–H and O–H groups in total. The number of nitrogens with one attached hydrogen (secondary N) is 1. The number of benzene rings is 1. The van der Waals surface area contributed by atoms with E-state index in [2.05, 4.69) is 9.88 Å². The molecule has 3 rings (SSSR count). The highest BCUT2D eigenvalue weighted by Crippen LogP contribution is 2.10. The molecule has 0 saturated carbocycles. The van der Waals surface area contributed by atoms with Crippen LogP contribution in [0.2, 0.25) is 0 Å². The van der Waals surface area contributed by atoms with Crippen LogP contribution in [0.25, 0.3) is 11.0 Å². The van der Waals surface area contributed by atoms with E-state index >= 15 is 0 Å². The zero-order valence-corrected chi connectivity index (χ0v) is 11.5. The molecule has 1 aliphatic rings. The average molecular weight is 274 g/mol. The van der Waals surface area contributed by atoms with Gasteiger partial charge in [0.15, 0.2) is 6.54 Å². The molecule has 5 heteroatoms. The first-order valence-electron chi connectivity index (χ1n) is 7.22. The summed E-state index contributed by atoms with van der Waals surface area (Å²) in [6, 6.07) is 7.57. The smallest absolute Gasteiger partial charge is 0.433 e. The normalized spacial score (nSPS) is 16.6. The van der Waals surface area contributed by atoms with Crippen LogP contribution >= 0.6 is 0 Å². The molecule has 0 amide bonds. The predicted molar refractivity (Wildman–Crippen MR) is 76.7 cm³/mol. The molecule has 20 heavy (non-hydrogen) atoms. The molecule has 1 saturated heterocycles. The molecule has 1 fully saturated rings. The summed E-state index contributed by atoms with van der Waals surface area (Å²) >= 11 is 0. The van der Waals surface area contributed by atoms with Gasteiger partial charge in [-0.3, -0.25) is 9.69 Å². The molecule has 0 spiro atoms. The lowest BCUT2D eigenvalue weighted by Crippen LogP contribution is -2.45. The fourth-order valence-electron chi connectivity index (χ4n) is 2.88. The minimum atomic E-state index is -0.428. The third kappa shape index (κ3) is 2.54. The lowest BCUT2D eigenvalue weighted by atomic mass is 10.1. The van der Waals surface area contributed by atoms with Crippen LogP contribution in [0.4, 0.5) is 0 Å². The van der Waals surface area contributed by atoms with Crippen molar-refractivity contribution in [1.82, 2.24) is 9.88 Å². The summed E-state index contributed by atoms with van der Waals surface area (Å²) in [6.07, 6.45) is 3.79. The number of aromatic hydroxyl groups is 1. The quantitative estimate of drug-likeness (QED) is 0.821. The molecule has 0 aliphatic carbocycles.